The Hall–Kier alpha value is -1.42. The summed E-state index contributed by atoms with van der Waals surface area (Å²) in [6.45, 7) is 4.28. The zero-order valence-electron chi connectivity index (χ0n) is 11.3. The minimum atomic E-state index is 0.0981. The van der Waals surface area contributed by atoms with Gasteiger partial charge in [0.2, 0.25) is 0 Å². The van der Waals surface area contributed by atoms with Gasteiger partial charge in [0.15, 0.2) is 5.01 Å². The standard InChI is InChI=1S/C15H18N2OS/c1-10-6-5-7-11(2)17(10)15(18)14-16-12-8-3-4-9-13(12)19-14/h3-4,8-11H,5-7H2,1-2H3. The van der Waals surface area contributed by atoms with E-state index in [0.717, 1.165) is 23.1 Å². The third-order valence-corrected chi connectivity index (χ3v) is 4.93. The smallest absolute Gasteiger partial charge is 0.283 e. The fourth-order valence-corrected chi connectivity index (χ4v) is 3.81. The van der Waals surface area contributed by atoms with E-state index in [4.69, 9.17) is 0 Å². The van der Waals surface area contributed by atoms with E-state index in [1.165, 1.54) is 17.8 Å². The van der Waals surface area contributed by atoms with Gasteiger partial charge in [0, 0.05) is 12.1 Å². The SMILES string of the molecule is CC1CCCC(C)N1C(=O)c1nc2ccccc2s1. The third kappa shape index (κ3) is 2.25. The van der Waals surface area contributed by atoms with E-state index in [1.54, 1.807) is 0 Å². The number of likely N-dealkylation sites (tertiary alicyclic amines) is 1. The molecule has 0 aliphatic carbocycles. The van der Waals surface area contributed by atoms with Crippen LogP contribution in [0.5, 0.6) is 0 Å². The maximum Gasteiger partial charge on any atom is 0.283 e. The average Bonchev–Trinajstić information content (AvgIpc) is 2.82. The summed E-state index contributed by atoms with van der Waals surface area (Å²) in [5, 5.41) is 0.627. The van der Waals surface area contributed by atoms with E-state index in [2.05, 4.69) is 18.8 Å². The van der Waals surface area contributed by atoms with Crippen LogP contribution in [-0.4, -0.2) is 27.9 Å². The first-order valence-corrected chi connectivity index (χ1v) is 7.66. The highest BCUT2D eigenvalue weighted by Gasteiger charge is 2.31. The fourth-order valence-electron chi connectivity index (χ4n) is 2.90. The Kier molecular flexibility index (Phi) is 3.27. The number of nitrogens with zero attached hydrogens (tertiary/aromatic N) is 2. The number of amides is 1. The normalized spacial score (nSPS) is 23.8. The van der Waals surface area contributed by atoms with Crippen LogP contribution in [0.15, 0.2) is 24.3 Å². The van der Waals surface area contributed by atoms with Crippen molar-refractivity contribution >= 4 is 27.5 Å². The Bertz CT molecular complexity index is 564. The molecular formula is C15H18N2OS. The first kappa shape index (κ1) is 12.6. The second kappa shape index (κ2) is 4.93. The van der Waals surface area contributed by atoms with Gasteiger partial charge < -0.3 is 4.90 Å². The molecule has 1 aliphatic rings. The van der Waals surface area contributed by atoms with Crippen molar-refractivity contribution in [3.8, 4) is 0 Å². The lowest BCUT2D eigenvalue weighted by Crippen LogP contribution is -2.47. The molecule has 3 rings (SSSR count). The molecule has 1 amide bonds. The molecule has 1 saturated heterocycles. The molecule has 2 atom stereocenters. The zero-order valence-corrected chi connectivity index (χ0v) is 12.1. The van der Waals surface area contributed by atoms with Crippen molar-refractivity contribution in [2.75, 3.05) is 0 Å². The van der Waals surface area contributed by atoms with Crippen LogP contribution in [0.3, 0.4) is 0 Å². The monoisotopic (exact) mass is 274 g/mol. The third-order valence-electron chi connectivity index (χ3n) is 3.90. The summed E-state index contributed by atoms with van der Waals surface area (Å²) in [4.78, 5) is 19.2. The molecular weight excluding hydrogens is 256 g/mol. The number of thiazole rings is 1. The molecule has 0 N–H and O–H groups in total. The van der Waals surface area contributed by atoms with E-state index in [0.29, 0.717) is 17.1 Å². The lowest BCUT2D eigenvalue weighted by atomic mass is 9.97. The van der Waals surface area contributed by atoms with Gasteiger partial charge in [-0.2, -0.15) is 0 Å². The summed E-state index contributed by atoms with van der Waals surface area (Å²) in [6.07, 6.45) is 3.41. The highest BCUT2D eigenvalue weighted by molar-refractivity contribution is 7.20. The fraction of sp³-hybridized carbons (Fsp3) is 0.467. The van der Waals surface area contributed by atoms with Gasteiger partial charge in [-0.05, 0) is 45.2 Å². The van der Waals surface area contributed by atoms with Crippen LogP contribution < -0.4 is 0 Å². The molecule has 2 heterocycles. The van der Waals surface area contributed by atoms with Crippen molar-refractivity contribution < 1.29 is 4.79 Å². The van der Waals surface area contributed by atoms with Crippen LogP contribution in [-0.2, 0) is 0 Å². The number of piperidine rings is 1. The van der Waals surface area contributed by atoms with Gasteiger partial charge in [0.25, 0.3) is 5.91 Å². The summed E-state index contributed by atoms with van der Waals surface area (Å²) in [6, 6.07) is 8.58. The van der Waals surface area contributed by atoms with Crippen LogP contribution in [0, 0.1) is 0 Å². The molecule has 0 radical (unpaired) electrons. The van der Waals surface area contributed by atoms with E-state index in [1.807, 2.05) is 29.2 Å². The van der Waals surface area contributed by atoms with Crippen molar-refractivity contribution in [3.05, 3.63) is 29.3 Å². The molecule has 19 heavy (non-hydrogen) atoms. The minimum absolute atomic E-state index is 0.0981. The van der Waals surface area contributed by atoms with Gasteiger partial charge in [-0.1, -0.05) is 12.1 Å². The molecule has 0 bridgehead atoms. The van der Waals surface area contributed by atoms with Crippen LogP contribution in [0.4, 0.5) is 0 Å². The van der Waals surface area contributed by atoms with E-state index >= 15 is 0 Å². The molecule has 2 aromatic rings. The maximum absolute atomic E-state index is 12.7. The Balaban J connectivity index is 1.94. The van der Waals surface area contributed by atoms with Crippen LogP contribution in [0.2, 0.25) is 0 Å². The first-order valence-electron chi connectivity index (χ1n) is 6.85. The predicted molar refractivity (Wildman–Crippen MR) is 78.6 cm³/mol. The summed E-state index contributed by atoms with van der Waals surface area (Å²) in [5.74, 6) is 0.0981. The van der Waals surface area contributed by atoms with Crippen molar-refractivity contribution in [1.82, 2.24) is 9.88 Å². The molecule has 2 unspecified atom stereocenters. The average molecular weight is 274 g/mol. The summed E-state index contributed by atoms with van der Waals surface area (Å²) < 4.78 is 1.09. The molecule has 1 aromatic heterocycles. The highest BCUT2D eigenvalue weighted by Crippen LogP contribution is 2.28. The number of benzene rings is 1. The Morgan fingerprint density at radius 1 is 1.26 bits per heavy atom. The minimum Gasteiger partial charge on any atom is -0.331 e. The van der Waals surface area contributed by atoms with Crippen molar-refractivity contribution in [1.29, 1.82) is 0 Å². The molecule has 1 fully saturated rings. The number of carbonyl (C=O) groups excluding carboxylic acids is 1. The molecule has 3 nitrogen and oxygen atoms in total. The van der Waals surface area contributed by atoms with Gasteiger partial charge in [-0.25, -0.2) is 4.98 Å². The highest BCUT2D eigenvalue weighted by atomic mass is 32.1. The Morgan fingerprint density at radius 3 is 2.63 bits per heavy atom. The van der Waals surface area contributed by atoms with Crippen molar-refractivity contribution in [2.45, 2.75) is 45.2 Å². The number of para-hydroxylation sites is 1. The Morgan fingerprint density at radius 2 is 1.95 bits per heavy atom. The second-order valence-corrected chi connectivity index (χ2v) is 6.36. The number of hydrogen-bond donors (Lipinski definition) is 0. The molecule has 0 saturated carbocycles. The van der Waals surface area contributed by atoms with Gasteiger partial charge in [-0.15, -0.1) is 11.3 Å². The van der Waals surface area contributed by atoms with Gasteiger partial charge in [0.1, 0.15) is 0 Å². The zero-order chi connectivity index (χ0) is 13.4. The second-order valence-electron chi connectivity index (χ2n) is 5.33. The Labute approximate surface area is 117 Å². The van der Waals surface area contributed by atoms with Crippen molar-refractivity contribution in [3.63, 3.8) is 0 Å². The topological polar surface area (TPSA) is 33.2 Å². The molecule has 100 valence electrons. The van der Waals surface area contributed by atoms with Gasteiger partial charge >= 0.3 is 0 Å². The van der Waals surface area contributed by atoms with Gasteiger partial charge in [-0.3, -0.25) is 4.79 Å². The van der Waals surface area contributed by atoms with E-state index in [9.17, 15) is 4.79 Å². The number of aromatic nitrogens is 1. The largest absolute Gasteiger partial charge is 0.331 e. The number of rotatable bonds is 1. The molecule has 1 aromatic carbocycles. The van der Waals surface area contributed by atoms with E-state index < -0.39 is 0 Å². The molecule has 1 aliphatic heterocycles. The summed E-state index contributed by atoms with van der Waals surface area (Å²) >= 11 is 1.50. The maximum atomic E-state index is 12.7. The summed E-state index contributed by atoms with van der Waals surface area (Å²) in [7, 11) is 0. The lowest BCUT2D eigenvalue weighted by Gasteiger charge is -2.38. The predicted octanol–water partition coefficient (Wildman–Crippen LogP) is 3.70. The molecule has 4 heteroatoms. The lowest BCUT2D eigenvalue weighted by molar-refractivity contribution is 0.0510. The number of hydrogen-bond acceptors (Lipinski definition) is 3. The van der Waals surface area contributed by atoms with Crippen LogP contribution in [0.25, 0.3) is 10.2 Å². The van der Waals surface area contributed by atoms with Gasteiger partial charge in [0.05, 0.1) is 10.2 Å². The van der Waals surface area contributed by atoms with Crippen LogP contribution >= 0.6 is 11.3 Å². The first-order chi connectivity index (χ1) is 9.16. The molecule has 0 spiro atoms. The van der Waals surface area contributed by atoms with E-state index in [-0.39, 0.29) is 5.91 Å². The number of fused-ring (bicyclic) bond motifs is 1. The van der Waals surface area contributed by atoms with Crippen LogP contribution in [0.1, 0.15) is 42.9 Å². The van der Waals surface area contributed by atoms with Crippen molar-refractivity contribution in [2.24, 2.45) is 0 Å². The number of carbonyl (C=O) groups is 1. The quantitative estimate of drug-likeness (QED) is 0.794. The summed E-state index contributed by atoms with van der Waals surface area (Å²) in [5.41, 5.74) is 0.924.